The lowest BCUT2D eigenvalue weighted by Crippen LogP contribution is -2.17. The van der Waals surface area contributed by atoms with Crippen LogP contribution < -0.4 is 4.74 Å². The number of thiophene rings is 1. The smallest absolute Gasteiger partial charge is 0.168 e. The van der Waals surface area contributed by atoms with E-state index >= 15 is 0 Å². The Labute approximate surface area is 202 Å². The molecule has 1 N–H and O–H groups in total. The lowest BCUT2D eigenvalue weighted by atomic mass is 9.96. The molecule has 6 rings (SSSR count). The van der Waals surface area contributed by atoms with Crippen LogP contribution in [0.15, 0.2) is 42.9 Å². The minimum absolute atomic E-state index is 0.358. The van der Waals surface area contributed by atoms with Crippen molar-refractivity contribution in [3.8, 4) is 21.9 Å². The molecule has 0 atom stereocenters. The molecule has 2 aliphatic rings. The van der Waals surface area contributed by atoms with Gasteiger partial charge in [-0.2, -0.15) is 5.10 Å². The third kappa shape index (κ3) is 4.21. The summed E-state index contributed by atoms with van der Waals surface area (Å²) >= 11 is 1.64. The Morgan fingerprint density at radius 3 is 2.62 bits per heavy atom. The van der Waals surface area contributed by atoms with E-state index in [1.807, 2.05) is 18.2 Å². The van der Waals surface area contributed by atoms with E-state index in [2.05, 4.69) is 26.9 Å². The van der Waals surface area contributed by atoms with Crippen molar-refractivity contribution in [1.82, 2.24) is 19.7 Å². The van der Waals surface area contributed by atoms with Crippen molar-refractivity contribution >= 4 is 21.6 Å². The zero-order chi connectivity index (χ0) is 23.3. The van der Waals surface area contributed by atoms with E-state index in [-0.39, 0.29) is 0 Å². The molecular weight excluding hydrogens is 448 g/mol. The second-order valence-electron chi connectivity index (χ2n) is 9.70. The van der Waals surface area contributed by atoms with Crippen LogP contribution in [0.4, 0.5) is 0 Å². The zero-order valence-electron chi connectivity index (χ0n) is 19.4. The van der Waals surface area contributed by atoms with Gasteiger partial charge >= 0.3 is 0 Å². The van der Waals surface area contributed by atoms with Crippen molar-refractivity contribution in [2.75, 3.05) is 13.2 Å². The molecular formula is C26H28N4O3S. The summed E-state index contributed by atoms with van der Waals surface area (Å²) in [5, 5.41) is 15.3. The fourth-order valence-electron chi connectivity index (χ4n) is 4.42. The lowest BCUT2D eigenvalue weighted by Gasteiger charge is -2.21. The molecule has 4 aromatic rings. The third-order valence-electron chi connectivity index (χ3n) is 6.52. The van der Waals surface area contributed by atoms with E-state index in [4.69, 9.17) is 14.6 Å². The Balaban J connectivity index is 1.36. The summed E-state index contributed by atoms with van der Waals surface area (Å²) in [6, 6.07) is 8.40. The highest BCUT2D eigenvalue weighted by atomic mass is 32.1. The number of nitrogens with zero attached hydrogens (tertiary/aromatic N) is 4. The first-order valence-electron chi connectivity index (χ1n) is 11.9. The van der Waals surface area contributed by atoms with Gasteiger partial charge in [0.25, 0.3) is 0 Å². The number of rotatable bonds is 6. The molecule has 176 valence electrons. The Hall–Kier alpha value is -2.81. The molecule has 0 spiro atoms. The molecule has 8 heteroatoms. The summed E-state index contributed by atoms with van der Waals surface area (Å²) in [5.41, 5.74) is 2.58. The summed E-state index contributed by atoms with van der Waals surface area (Å²) in [7, 11) is 0. The van der Waals surface area contributed by atoms with Crippen molar-refractivity contribution in [3.63, 3.8) is 0 Å². The monoisotopic (exact) mass is 476 g/mol. The maximum Gasteiger partial charge on any atom is 0.168 e. The fraction of sp³-hybridized carbons (Fsp3) is 0.423. The standard InChI is InChI=1S/C26H28N4O3S/c1-26(2,31)23-13-17(5-9-28-23)22-14-19-25(34-22)20(6-10-27-19)33-21-15-30(18-3-4-18)29-24(21)16-7-11-32-12-8-16/h5-6,9-10,13-16,18,31H,3-4,7-8,11-12H2,1-2H3. The van der Waals surface area contributed by atoms with E-state index in [1.54, 1.807) is 37.6 Å². The summed E-state index contributed by atoms with van der Waals surface area (Å²) < 4.78 is 15.2. The molecule has 1 aliphatic heterocycles. The van der Waals surface area contributed by atoms with Crippen LogP contribution in [0.2, 0.25) is 0 Å². The quantitative estimate of drug-likeness (QED) is 0.379. The van der Waals surface area contributed by atoms with Crippen LogP contribution in [0.1, 0.15) is 62.9 Å². The maximum absolute atomic E-state index is 10.4. The minimum Gasteiger partial charge on any atom is -0.452 e. The van der Waals surface area contributed by atoms with Crippen LogP contribution in [-0.2, 0) is 10.3 Å². The van der Waals surface area contributed by atoms with E-state index in [0.29, 0.717) is 17.7 Å². The van der Waals surface area contributed by atoms with E-state index in [9.17, 15) is 5.11 Å². The van der Waals surface area contributed by atoms with Crippen molar-refractivity contribution in [2.24, 2.45) is 0 Å². The highest BCUT2D eigenvalue weighted by Crippen LogP contribution is 2.43. The second kappa shape index (κ2) is 8.45. The first kappa shape index (κ1) is 21.7. The number of aliphatic hydroxyl groups is 1. The highest BCUT2D eigenvalue weighted by Gasteiger charge is 2.30. The van der Waals surface area contributed by atoms with Crippen LogP contribution in [0.25, 0.3) is 20.7 Å². The molecule has 0 radical (unpaired) electrons. The summed E-state index contributed by atoms with van der Waals surface area (Å²) in [6.07, 6.45) is 9.91. The molecule has 7 nitrogen and oxygen atoms in total. The fourth-order valence-corrected chi connectivity index (χ4v) is 5.48. The topological polar surface area (TPSA) is 82.3 Å². The average molecular weight is 477 g/mol. The normalized spacial score (nSPS) is 17.4. The largest absolute Gasteiger partial charge is 0.452 e. The number of aromatic nitrogens is 4. The number of pyridine rings is 2. The number of hydrogen-bond acceptors (Lipinski definition) is 7. The highest BCUT2D eigenvalue weighted by molar-refractivity contribution is 7.22. The molecule has 5 heterocycles. The summed E-state index contributed by atoms with van der Waals surface area (Å²) in [5.74, 6) is 1.99. The van der Waals surface area contributed by atoms with E-state index < -0.39 is 5.60 Å². The van der Waals surface area contributed by atoms with E-state index in [1.165, 1.54) is 12.8 Å². The molecule has 2 fully saturated rings. The molecule has 1 saturated heterocycles. The minimum atomic E-state index is -0.999. The van der Waals surface area contributed by atoms with Gasteiger partial charge in [0.1, 0.15) is 17.0 Å². The van der Waals surface area contributed by atoms with Crippen LogP contribution in [0.5, 0.6) is 11.5 Å². The Morgan fingerprint density at radius 1 is 1.06 bits per heavy atom. The molecule has 1 saturated carbocycles. The van der Waals surface area contributed by atoms with Crippen LogP contribution in [0.3, 0.4) is 0 Å². The average Bonchev–Trinajstić information content (AvgIpc) is 3.45. The van der Waals surface area contributed by atoms with Crippen LogP contribution >= 0.6 is 11.3 Å². The first-order chi connectivity index (χ1) is 16.5. The molecule has 0 bridgehead atoms. The molecule has 0 amide bonds. The van der Waals surface area contributed by atoms with Gasteiger partial charge in [-0.1, -0.05) is 0 Å². The predicted molar refractivity (Wildman–Crippen MR) is 131 cm³/mol. The maximum atomic E-state index is 10.4. The van der Waals surface area contributed by atoms with E-state index in [0.717, 1.165) is 63.9 Å². The Morgan fingerprint density at radius 2 is 1.85 bits per heavy atom. The van der Waals surface area contributed by atoms with Gasteiger partial charge < -0.3 is 14.6 Å². The van der Waals surface area contributed by atoms with Gasteiger partial charge in [0.15, 0.2) is 5.75 Å². The number of fused-ring (bicyclic) bond motifs is 1. The molecule has 4 aromatic heterocycles. The van der Waals surface area contributed by atoms with Crippen LogP contribution in [0, 0.1) is 0 Å². The molecule has 0 aromatic carbocycles. The third-order valence-corrected chi connectivity index (χ3v) is 7.71. The first-order valence-corrected chi connectivity index (χ1v) is 12.7. The second-order valence-corrected chi connectivity index (χ2v) is 10.8. The molecule has 34 heavy (non-hydrogen) atoms. The van der Waals surface area contributed by atoms with Gasteiger partial charge in [-0.15, -0.1) is 11.3 Å². The lowest BCUT2D eigenvalue weighted by molar-refractivity contribution is 0.0739. The Kier molecular flexibility index (Phi) is 5.39. The van der Waals surface area contributed by atoms with Gasteiger partial charge in [-0.05, 0) is 63.3 Å². The molecule has 0 unspecified atom stereocenters. The van der Waals surface area contributed by atoms with Crippen molar-refractivity contribution in [3.05, 3.63) is 54.2 Å². The molecule has 1 aliphatic carbocycles. The summed E-state index contributed by atoms with van der Waals surface area (Å²) in [6.45, 7) is 5.03. The summed E-state index contributed by atoms with van der Waals surface area (Å²) in [4.78, 5) is 9.98. The van der Waals surface area contributed by atoms with Gasteiger partial charge in [-0.3, -0.25) is 14.6 Å². The van der Waals surface area contributed by atoms with Crippen molar-refractivity contribution in [1.29, 1.82) is 0 Å². The predicted octanol–water partition coefficient (Wildman–Crippen LogP) is 5.80. The SMILES string of the molecule is CC(C)(O)c1cc(-c2cc3nccc(Oc4cn(C5CC5)nc4C4CCOCC4)c3s2)ccn1. The van der Waals surface area contributed by atoms with Gasteiger partial charge in [0, 0.05) is 42.5 Å². The van der Waals surface area contributed by atoms with Crippen LogP contribution in [-0.4, -0.2) is 38.1 Å². The van der Waals surface area contributed by atoms with Gasteiger partial charge in [0.2, 0.25) is 0 Å². The van der Waals surface area contributed by atoms with Crippen molar-refractivity contribution in [2.45, 2.75) is 57.1 Å². The Bertz CT molecular complexity index is 1330. The number of ether oxygens (including phenoxy) is 2. The van der Waals surface area contributed by atoms with Gasteiger partial charge in [-0.25, -0.2) is 0 Å². The number of hydrogen-bond donors (Lipinski definition) is 1. The van der Waals surface area contributed by atoms with Crippen molar-refractivity contribution < 1.29 is 14.6 Å². The van der Waals surface area contributed by atoms with Gasteiger partial charge in [0.05, 0.1) is 28.1 Å². The zero-order valence-corrected chi connectivity index (χ0v) is 20.2.